The van der Waals surface area contributed by atoms with Crippen LogP contribution in [0.5, 0.6) is 0 Å². The van der Waals surface area contributed by atoms with Crippen molar-refractivity contribution in [2.45, 2.75) is 31.3 Å². The monoisotopic (exact) mass is 198 g/mol. The average molecular weight is 198 g/mol. The van der Waals surface area contributed by atoms with Gasteiger partial charge in [0.15, 0.2) is 7.28 Å². The molecule has 2 heterocycles. The molecule has 4 atom stereocenters. The summed E-state index contributed by atoms with van der Waals surface area (Å²) in [5.74, 6) is 2.09. The number of aliphatic hydroxyl groups is 2. The van der Waals surface area contributed by atoms with Crippen LogP contribution < -0.4 is 0 Å². The molecule has 2 rings (SSSR count). The lowest BCUT2D eigenvalue weighted by molar-refractivity contribution is -0.0220. The van der Waals surface area contributed by atoms with Gasteiger partial charge >= 0.3 is 0 Å². The third-order valence-electron chi connectivity index (χ3n) is 2.70. The van der Waals surface area contributed by atoms with Crippen molar-refractivity contribution in [2.24, 2.45) is 0 Å². The highest BCUT2D eigenvalue weighted by atomic mass is 16.6. The summed E-state index contributed by atoms with van der Waals surface area (Å²) in [4.78, 5) is 0. The van der Waals surface area contributed by atoms with Crippen LogP contribution in [0.15, 0.2) is 11.4 Å². The van der Waals surface area contributed by atoms with Crippen molar-refractivity contribution in [1.29, 1.82) is 0 Å². The molecule has 5 heteroatoms. The number of aliphatic hydroxyl groups excluding tert-OH is 2. The Labute approximate surface area is 83.8 Å². The topological polar surface area (TPSA) is 58.9 Å². The number of hydrogen-bond donors (Lipinski definition) is 2. The lowest BCUT2D eigenvalue weighted by Gasteiger charge is -2.17. The summed E-state index contributed by atoms with van der Waals surface area (Å²) in [5, 5.41) is 18.6. The fourth-order valence-electron chi connectivity index (χ4n) is 1.70. The molecule has 1 saturated heterocycles. The van der Waals surface area contributed by atoms with E-state index in [1.165, 1.54) is 5.47 Å². The Morgan fingerprint density at radius 2 is 2.36 bits per heavy atom. The molecule has 4 nitrogen and oxygen atoms in total. The summed E-state index contributed by atoms with van der Waals surface area (Å²) in [6, 6.07) is 0. The van der Waals surface area contributed by atoms with Crippen LogP contribution in [0, 0.1) is 0 Å². The predicted molar refractivity (Wildman–Crippen MR) is 52.4 cm³/mol. The van der Waals surface area contributed by atoms with Crippen molar-refractivity contribution in [2.75, 3.05) is 13.2 Å². The SMILES string of the molecule is C[C@@H]1O[C@H](CO)[C@H](O)C1OCC1=CB1. The van der Waals surface area contributed by atoms with Gasteiger partial charge in [0, 0.05) is 0 Å². The Morgan fingerprint density at radius 3 is 2.86 bits per heavy atom. The maximum atomic E-state index is 9.72. The summed E-state index contributed by atoms with van der Waals surface area (Å²) in [5.41, 5.74) is 1.27. The highest BCUT2D eigenvalue weighted by Gasteiger charge is 2.41. The standard InChI is InChI=1S/C9H15BO4/c1-5-9(13-4-6-2-10-6)8(12)7(3-11)14-5/h2,5,7-12H,3-4H2,1H3/t5-,7+,8-,9?/m0/s1. The van der Waals surface area contributed by atoms with Crippen LogP contribution in [0.2, 0.25) is 0 Å². The van der Waals surface area contributed by atoms with E-state index in [4.69, 9.17) is 14.6 Å². The minimum Gasteiger partial charge on any atom is -0.394 e. The van der Waals surface area contributed by atoms with E-state index in [0.29, 0.717) is 6.61 Å². The first-order chi connectivity index (χ1) is 6.72. The Balaban J connectivity index is 1.85. The Hall–Kier alpha value is -0.355. The molecule has 2 N–H and O–H groups in total. The van der Waals surface area contributed by atoms with Gasteiger partial charge in [0.05, 0.1) is 19.3 Å². The highest BCUT2D eigenvalue weighted by molar-refractivity contribution is 6.63. The summed E-state index contributed by atoms with van der Waals surface area (Å²) in [7, 11) is 1.03. The first-order valence-corrected chi connectivity index (χ1v) is 4.96. The molecule has 0 aliphatic carbocycles. The van der Waals surface area contributed by atoms with E-state index in [9.17, 15) is 5.11 Å². The van der Waals surface area contributed by atoms with Gasteiger partial charge in [-0.05, 0) is 6.92 Å². The fraction of sp³-hybridized carbons (Fsp3) is 0.778. The molecule has 1 fully saturated rings. The van der Waals surface area contributed by atoms with Crippen molar-refractivity contribution in [3.8, 4) is 0 Å². The quantitative estimate of drug-likeness (QED) is 0.557. The second-order valence-electron chi connectivity index (χ2n) is 3.89. The molecule has 2 aliphatic heterocycles. The molecule has 0 spiro atoms. The Morgan fingerprint density at radius 1 is 1.64 bits per heavy atom. The lowest BCUT2D eigenvalue weighted by Crippen LogP contribution is -2.35. The van der Waals surface area contributed by atoms with E-state index in [2.05, 4.69) is 5.98 Å². The van der Waals surface area contributed by atoms with Crippen LogP contribution in [0.25, 0.3) is 0 Å². The molecule has 0 aromatic carbocycles. The smallest absolute Gasteiger partial charge is 0.178 e. The molecular formula is C9H15BO4. The van der Waals surface area contributed by atoms with Crippen molar-refractivity contribution in [3.63, 3.8) is 0 Å². The van der Waals surface area contributed by atoms with Gasteiger partial charge in [-0.25, -0.2) is 0 Å². The largest absolute Gasteiger partial charge is 0.394 e. The van der Waals surface area contributed by atoms with Crippen LogP contribution in [0.3, 0.4) is 0 Å². The Bertz CT molecular complexity index is 243. The molecule has 0 aromatic heterocycles. The maximum Gasteiger partial charge on any atom is 0.178 e. The third-order valence-corrected chi connectivity index (χ3v) is 2.70. The summed E-state index contributed by atoms with van der Waals surface area (Å²) >= 11 is 0. The van der Waals surface area contributed by atoms with Gasteiger partial charge in [0.2, 0.25) is 0 Å². The van der Waals surface area contributed by atoms with Crippen molar-refractivity contribution in [3.05, 3.63) is 11.4 Å². The van der Waals surface area contributed by atoms with Gasteiger partial charge < -0.3 is 19.7 Å². The summed E-state index contributed by atoms with van der Waals surface area (Å²) in [6.45, 7) is 2.27. The maximum absolute atomic E-state index is 9.72. The number of rotatable bonds is 4. The van der Waals surface area contributed by atoms with E-state index in [-0.39, 0.29) is 18.8 Å². The number of ether oxygens (including phenoxy) is 2. The average Bonchev–Trinajstić information content (AvgIpc) is 2.93. The van der Waals surface area contributed by atoms with E-state index >= 15 is 0 Å². The van der Waals surface area contributed by atoms with E-state index in [1.807, 2.05) is 6.92 Å². The molecule has 0 amide bonds. The first-order valence-electron chi connectivity index (χ1n) is 4.96. The van der Waals surface area contributed by atoms with Crippen LogP contribution in [0.4, 0.5) is 0 Å². The Kier molecular flexibility index (Phi) is 2.92. The van der Waals surface area contributed by atoms with Crippen LogP contribution in [0.1, 0.15) is 6.92 Å². The molecule has 0 radical (unpaired) electrons. The van der Waals surface area contributed by atoms with E-state index < -0.39 is 12.2 Å². The van der Waals surface area contributed by atoms with Crippen LogP contribution >= 0.6 is 0 Å². The molecule has 0 bridgehead atoms. The van der Waals surface area contributed by atoms with Gasteiger partial charge in [-0.3, -0.25) is 0 Å². The second kappa shape index (κ2) is 4.02. The van der Waals surface area contributed by atoms with E-state index in [0.717, 1.165) is 7.28 Å². The zero-order chi connectivity index (χ0) is 10.1. The van der Waals surface area contributed by atoms with Crippen molar-refractivity contribution in [1.82, 2.24) is 0 Å². The van der Waals surface area contributed by atoms with Gasteiger partial charge in [0.25, 0.3) is 0 Å². The molecule has 78 valence electrons. The van der Waals surface area contributed by atoms with Crippen LogP contribution in [-0.4, -0.2) is 55.1 Å². The summed E-state index contributed by atoms with van der Waals surface area (Å²) < 4.78 is 10.9. The molecule has 2 aliphatic rings. The third kappa shape index (κ3) is 2.01. The minimum atomic E-state index is -0.714. The second-order valence-corrected chi connectivity index (χ2v) is 3.89. The summed E-state index contributed by atoms with van der Waals surface area (Å²) in [6.07, 6.45) is -1.67. The number of hydrogen-bond acceptors (Lipinski definition) is 4. The molecule has 0 aromatic rings. The van der Waals surface area contributed by atoms with Gasteiger partial charge in [-0.1, -0.05) is 5.47 Å². The van der Waals surface area contributed by atoms with E-state index in [1.54, 1.807) is 0 Å². The molecule has 14 heavy (non-hydrogen) atoms. The zero-order valence-electron chi connectivity index (χ0n) is 8.22. The zero-order valence-corrected chi connectivity index (χ0v) is 8.22. The van der Waals surface area contributed by atoms with Crippen LogP contribution in [-0.2, 0) is 9.47 Å². The first kappa shape index (κ1) is 10.2. The van der Waals surface area contributed by atoms with Crippen molar-refractivity contribution < 1.29 is 19.7 Å². The lowest BCUT2D eigenvalue weighted by atomic mass is 9.98. The van der Waals surface area contributed by atoms with Gasteiger partial charge in [-0.2, -0.15) is 0 Å². The van der Waals surface area contributed by atoms with Crippen molar-refractivity contribution >= 4 is 7.28 Å². The molecular weight excluding hydrogens is 183 g/mol. The minimum absolute atomic E-state index is 0.151. The molecule has 1 unspecified atom stereocenters. The normalized spacial score (nSPS) is 40.6. The van der Waals surface area contributed by atoms with Gasteiger partial charge in [0.1, 0.15) is 18.3 Å². The molecule has 0 saturated carbocycles. The highest BCUT2D eigenvalue weighted by Crippen LogP contribution is 2.24. The predicted octanol–water partition coefficient (Wildman–Crippen LogP) is -1.20. The fourth-order valence-corrected chi connectivity index (χ4v) is 1.70. The van der Waals surface area contributed by atoms with Gasteiger partial charge in [-0.15, -0.1) is 5.98 Å².